The molecule has 1 amide bonds. The molecule has 1 atom stereocenters. The van der Waals surface area contributed by atoms with Gasteiger partial charge in [-0.2, -0.15) is 0 Å². The summed E-state index contributed by atoms with van der Waals surface area (Å²) in [6.45, 7) is 0.306. The SMILES string of the molecule is COCC(CCl)NC(=O)Cc1c(F)cccc1Cl. The maximum Gasteiger partial charge on any atom is 0.224 e. The van der Waals surface area contributed by atoms with Gasteiger partial charge in [0.1, 0.15) is 5.82 Å². The number of halogens is 3. The van der Waals surface area contributed by atoms with E-state index in [1.54, 1.807) is 6.07 Å². The number of hydrogen-bond donors (Lipinski definition) is 1. The van der Waals surface area contributed by atoms with Crippen LogP contribution >= 0.6 is 23.2 Å². The fraction of sp³-hybridized carbons (Fsp3) is 0.417. The van der Waals surface area contributed by atoms with Gasteiger partial charge in [0.2, 0.25) is 5.91 Å². The van der Waals surface area contributed by atoms with Crippen molar-refractivity contribution in [1.29, 1.82) is 0 Å². The van der Waals surface area contributed by atoms with Crippen LogP contribution in [0.15, 0.2) is 18.2 Å². The van der Waals surface area contributed by atoms with Crippen molar-refractivity contribution in [1.82, 2.24) is 5.32 Å². The standard InChI is InChI=1S/C12H14Cl2FNO2/c1-18-7-8(6-13)16-12(17)5-9-10(14)3-2-4-11(9)15/h2-4,8H,5-7H2,1H3,(H,16,17). The second-order valence-corrected chi connectivity index (χ2v) is 4.47. The zero-order valence-electron chi connectivity index (χ0n) is 9.88. The van der Waals surface area contributed by atoms with Gasteiger partial charge in [-0.3, -0.25) is 4.79 Å². The maximum absolute atomic E-state index is 13.5. The zero-order valence-corrected chi connectivity index (χ0v) is 11.4. The lowest BCUT2D eigenvalue weighted by molar-refractivity contribution is -0.121. The summed E-state index contributed by atoms with van der Waals surface area (Å²) in [5.74, 6) is -0.610. The van der Waals surface area contributed by atoms with Gasteiger partial charge in [0.15, 0.2) is 0 Å². The molecule has 0 aliphatic rings. The van der Waals surface area contributed by atoms with E-state index in [4.69, 9.17) is 27.9 Å². The van der Waals surface area contributed by atoms with Gasteiger partial charge in [0, 0.05) is 23.6 Å². The molecule has 1 rings (SSSR count). The quantitative estimate of drug-likeness (QED) is 0.818. The Morgan fingerprint density at radius 3 is 2.83 bits per heavy atom. The average molecular weight is 294 g/mol. The summed E-state index contributed by atoms with van der Waals surface area (Å²) in [6.07, 6.45) is -0.122. The molecule has 0 spiro atoms. The predicted octanol–water partition coefficient (Wildman–Crippen LogP) is 2.39. The van der Waals surface area contributed by atoms with Crippen molar-refractivity contribution < 1.29 is 13.9 Å². The van der Waals surface area contributed by atoms with Crippen molar-refractivity contribution in [2.75, 3.05) is 19.6 Å². The van der Waals surface area contributed by atoms with E-state index in [0.29, 0.717) is 6.61 Å². The Hall–Kier alpha value is -0.840. The highest BCUT2D eigenvalue weighted by Gasteiger charge is 2.15. The van der Waals surface area contributed by atoms with E-state index in [0.717, 1.165) is 0 Å². The van der Waals surface area contributed by atoms with Gasteiger partial charge in [0.25, 0.3) is 0 Å². The first-order valence-corrected chi connectivity index (χ1v) is 6.27. The number of alkyl halides is 1. The molecule has 0 heterocycles. The summed E-state index contributed by atoms with van der Waals surface area (Å²) < 4.78 is 18.4. The first-order chi connectivity index (χ1) is 8.58. The summed E-state index contributed by atoms with van der Waals surface area (Å²) in [5, 5.41) is 2.88. The van der Waals surface area contributed by atoms with Crippen LogP contribution in [0.3, 0.4) is 0 Å². The molecular formula is C12H14Cl2FNO2. The highest BCUT2D eigenvalue weighted by atomic mass is 35.5. The van der Waals surface area contributed by atoms with Gasteiger partial charge in [0.05, 0.1) is 19.1 Å². The Balaban J connectivity index is 2.64. The molecule has 1 N–H and O–H groups in total. The fourth-order valence-corrected chi connectivity index (χ4v) is 1.86. The minimum absolute atomic E-state index is 0.122. The molecule has 0 saturated carbocycles. The lowest BCUT2D eigenvalue weighted by atomic mass is 10.1. The van der Waals surface area contributed by atoms with Crippen LogP contribution in [0.2, 0.25) is 5.02 Å². The summed E-state index contributed by atoms with van der Waals surface area (Å²) in [4.78, 5) is 11.7. The van der Waals surface area contributed by atoms with E-state index in [1.165, 1.54) is 19.2 Å². The molecule has 0 aliphatic carbocycles. The molecule has 100 valence electrons. The molecule has 0 bridgehead atoms. The number of amides is 1. The van der Waals surface area contributed by atoms with Gasteiger partial charge in [-0.25, -0.2) is 4.39 Å². The second kappa shape index (κ2) is 7.56. The average Bonchev–Trinajstić information content (AvgIpc) is 2.33. The monoisotopic (exact) mass is 293 g/mol. The molecule has 1 aromatic carbocycles. The molecule has 0 aromatic heterocycles. The van der Waals surface area contributed by atoms with Crippen LogP contribution in [0.1, 0.15) is 5.56 Å². The van der Waals surface area contributed by atoms with E-state index in [2.05, 4.69) is 5.32 Å². The molecule has 0 aliphatic heterocycles. The number of ether oxygens (including phenoxy) is 1. The molecule has 0 radical (unpaired) electrons. The fourth-order valence-electron chi connectivity index (χ4n) is 1.47. The van der Waals surface area contributed by atoms with Crippen LogP contribution in [0, 0.1) is 5.82 Å². The van der Waals surface area contributed by atoms with Gasteiger partial charge < -0.3 is 10.1 Å². The minimum atomic E-state index is -0.494. The third kappa shape index (κ3) is 4.44. The molecular weight excluding hydrogens is 280 g/mol. The Kier molecular flexibility index (Phi) is 6.39. The van der Waals surface area contributed by atoms with Gasteiger partial charge in [-0.1, -0.05) is 17.7 Å². The van der Waals surface area contributed by atoms with Gasteiger partial charge in [-0.15, -0.1) is 11.6 Å². The summed E-state index contributed by atoms with van der Waals surface area (Å²) in [7, 11) is 1.51. The number of nitrogens with one attached hydrogen (secondary N) is 1. The number of carbonyl (C=O) groups excluding carboxylic acids is 1. The van der Waals surface area contributed by atoms with Crippen LogP contribution in [-0.2, 0) is 16.0 Å². The van der Waals surface area contributed by atoms with Crippen molar-refractivity contribution in [2.24, 2.45) is 0 Å². The lowest BCUT2D eigenvalue weighted by Gasteiger charge is -2.15. The van der Waals surface area contributed by atoms with Crippen LogP contribution < -0.4 is 5.32 Å². The third-order valence-electron chi connectivity index (χ3n) is 2.32. The number of rotatable bonds is 6. The summed E-state index contributed by atoms with van der Waals surface area (Å²) in [5.41, 5.74) is 0.183. The van der Waals surface area contributed by atoms with Crippen molar-refractivity contribution in [2.45, 2.75) is 12.5 Å². The maximum atomic E-state index is 13.5. The molecule has 18 heavy (non-hydrogen) atoms. The van der Waals surface area contributed by atoms with Crippen molar-refractivity contribution in [3.63, 3.8) is 0 Å². The highest BCUT2D eigenvalue weighted by molar-refractivity contribution is 6.31. The van der Waals surface area contributed by atoms with Gasteiger partial charge >= 0.3 is 0 Å². The van der Waals surface area contributed by atoms with E-state index in [9.17, 15) is 9.18 Å². The largest absolute Gasteiger partial charge is 0.383 e. The first kappa shape index (κ1) is 15.2. The van der Waals surface area contributed by atoms with E-state index in [-0.39, 0.29) is 34.8 Å². The van der Waals surface area contributed by atoms with Gasteiger partial charge in [-0.05, 0) is 12.1 Å². The molecule has 1 unspecified atom stereocenters. The zero-order chi connectivity index (χ0) is 13.5. The summed E-state index contributed by atoms with van der Waals surface area (Å²) >= 11 is 11.5. The van der Waals surface area contributed by atoms with Crippen molar-refractivity contribution >= 4 is 29.1 Å². The van der Waals surface area contributed by atoms with E-state index < -0.39 is 5.82 Å². The summed E-state index contributed by atoms with van der Waals surface area (Å²) in [6, 6.07) is 4.00. The number of methoxy groups -OCH3 is 1. The second-order valence-electron chi connectivity index (χ2n) is 3.75. The van der Waals surface area contributed by atoms with E-state index in [1.807, 2.05) is 0 Å². The van der Waals surface area contributed by atoms with E-state index >= 15 is 0 Å². The first-order valence-electron chi connectivity index (χ1n) is 5.35. The Morgan fingerprint density at radius 1 is 1.56 bits per heavy atom. The molecule has 0 fully saturated rings. The van der Waals surface area contributed by atoms with Crippen molar-refractivity contribution in [3.05, 3.63) is 34.6 Å². The Labute approximate surface area is 115 Å². The Morgan fingerprint density at radius 2 is 2.28 bits per heavy atom. The number of hydrogen-bond acceptors (Lipinski definition) is 2. The normalized spacial score (nSPS) is 12.2. The predicted molar refractivity (Wildman–Crippen MR) is 69.6 cm³/mol. The third-order valence-corrected chi connectivity index (χ3v) is 3.04. The van der Waals surface area contributed by atoms with Crippen LogP contribution in [-0.4, -0.2) is 31.5 Å². The number of carbonyl (C=O) groups is 1. The van der Waals surface area contributed by atoms with Crippen molar-refractivity contribution in [3.8, 4) is 0 Å². The van der Waals surface area contributed by atoms with Crippen LogP contribution in [0.25, 0.3) is 0 Å². The van der Waals surface area contributed by atoms with Crippen LogP contribution in [0.4, 0.5) is 4.39 Å². The number of benzene rings is 1. The van der Waals surface area contributed by atoms with Crippen LogP contribution in [0.5, 0.6) is 0 Å². The lowest BCUT2D eigenvalue weighted by Crippen LogP contribution is -2.40. The molecule has 0 saturated heterocycles. The molecule has 3 nitrogen and oxygen atoms in total. The highest BCUT2D eigenvalue weighted by Crippen LogP contribution is 2.19. The topological polar surface area (TPSA) is 38.3 Å². The molecule has 6 heteroatoms. The Bertz CT molecular complexity index is 395. The minimum Gasteiger partial charge on any atom is -0.383 e. The molecule has 1 aromatic rings. The smallest absolute Gasteiger partial charge is 0.224 e.